The van der Waals surface area contributed by atoms with Gasteiger partial charge in [0, 0.05) is 29.7 Å². The fraction of sp³-hybridized carbons (Fsp3) is 0.300. The molecule has 4 nitrogen and oxygen atoms in total. The summed E-state index contributed by atoms with van der Waals surface area (Å²) in [6, 6.07) is 9.15. The molecule has 1 aromatic carbocycles. The smallest absolute Gasteiger partial charge is 0.243 e. The molecule has 24 heavy (non-hydrogen) atoms. The molecule has 1 aliphatic heterocycles. The molecule has 0 N–H and O–H groups in total. The molecule has 0 saturated carbocycles. The fourth-order valence-corrected chi connectivity index (χ4v) is 3.43. The van der Waals surface area contributed by atoms with Crippen LogP contribution in [0.15, 0.2) is 66.1 Å². The summed E-state index contributed by atoms with van der Waals surface area (Å²) in [6.45, 7) is 6.07. The van der Waals surface area contributed by atoms with Crippen molar-refractivity contribution in [1.29, 1.82) is 0 Å². The highest BCUT2D eigenvalue weighted by Gasteiger charge is 2.28. The number of benzene rings is 1. The van der Waals surface area contributed by atoms with Gasteiger partial charge in [-0.15, -0.1) is 6.58 Å². The standard InChI is InChI=1S/C20H22N2O2/c1-3-7-16-9-6-8-15(2)22(16)20(24)14-21-13-12-19(23)17-10-4-5-11-18(17)21/h3-6,8,10-13,15-16H,1,7,9,14H2,2H3/t15-,16-/m1/s1. The van der Waals surface area contributed by atoms with Gasteiger partial charge in [0.05, 0.1) is 5.52 Å². The molecule has 0 aliphatic carbocycles. The van der Waals surface area contributed by atoms with Crippen molar-refractivity contribution < 1.29 is 4.79 Å². The van der Waals surface area contributed by atoms with E-state index >= 15 is 0 Å². The van der Waals surface area contributed by atoms with Crippen LogP contribution in [0.3, 0.4) is 0 Å². The minimum absolute atomic E-state index is 0.0203. The lowest BCUT2D eigenvalue weighted by atomic mass is 10.00. The summed E-state index contributed by atoms with van der Waals surface area (Å²) in [5, 5.41) is 0.641. The molecule has 0 unspecified atom stereocenters. The summed E-state index contributed by atoms with van der Waals surface area (Å²) in [5.74, 6) is 0.0625. The highest BCUT2D eigenvalue weighted by atomic mass is 16.2. The summed E-state index contributed by atoms with van der Waals surface area (Å²) in [5.41, 5.74) is 0.770. The van der Waals surface area contributed by atoms with Crippen LogP contribution in [0.1, 0.15) is 19.8 Å². The Hall–Kier alpha value is -2.62. The van der Waals surface area contributed by atoms with Gasteiger partial charge in [0.2, 0.25) is 5.91 Å². The quantitative estimate of drug-likeness (QED) is 0.812. The Labute approximate surface area is 141 Å². The second-order valence-electron chi connectivity index (χ2n) is 6.21. The van der Waals surface area contributed by atoms with Crippen LogP contribution in [0.4, 0.5) is 0 Å². The summed E-state index contributed by atoms with van der Waals surface area (Å²) < 4.78 is 1.86. The van der Waals surface area contributed by atoms with E-state index in [0.29, 0.717) is 5.39 Å². The van der Waals surface area contributed by atoms with E-state index in [2.05, 4.69) is 18.7 Å². The third-order valence-electron chi connectivity index (χ3n) is 4.57. The molecule has 124 valence electrons. The van der Waals surface area contributed by atoms with Gasteiger partial charge in [-0.25, -0.2) is 0 Å². The summed E-state index contributed by atoms with van der Waals surface area (Å²) in [6.07, 6.45) is 9.41. The molecule has 0 radical (unpaired) electrons. The Morgan fingerprint density at radius 3 is 2.92 bits per heavy atom. The van der Waals surface area contributed by atoms with Gasteiger partial charge in [-0.1, -0.05) is 30.4 Å². The average Bonchev–Trinajstić information content (AvgIpc) is 2.58. The predicted molar refractivity (Wildman–Crippen MR) is 96.9 cm³/mol. The highest BCUT2D eigenvalue weighted by molar-refractivity contribution is 5.82. The van der Waals surface area contributed by atoms with E-state index in [-0.39, 0.29) is 30.0 Å². The topological polar surface area (TPSA) is 42.3 Å². The number of rotatable bonds is 4. The van der Waals surface area contributed by atoms with Crippen molar-refractivity contribution in [3.05, 3.63) is 71.6 Å². The Bertz CT molecular complexity index is 850. The number of nitrogens with zero attached hydrogens (tertiary/aromatic N) is 2. The van der Waals surface area contributed by atoms with Crippen molar-refractivity contribution in [2.24, 2.45) is 0 Å². The maximum atomic E-state index is 13.0. The molecule has 1 aliphatic rings. The SMILES string of the molecule is C=CC[C@@H]1CC=C[C@@H](C)N1C(=O)Cn1ccc(=O)c2ccccc21. The third-order valence-corrected chi connectivity index (χ3v) is 4.57. The minimum Gasteiger partial charge on any atom is -0.338 e. The summed E-state index contributed by atoms with van der Waals surface area (Å²) in [4.78, 5) is 26.9. The average molecular weight is 322 g/mol. The van der Waals surface area contributed by atoms with Gasteiger partial charge in [0.15, 0.2) is 5.43 Å². The molecule has 2 heterocycles. The van der Waals surface area contributed by atoms with Gasteiger partial charge in [-0.05, 0) is 31.9 Å². The first-order chi connectivity index (χ1) is 11.6. The van der Waals surface area contributed by atoms with Crippen LogP contribution in [-0.2, 0) is 11.3 Å². The van der Waals surface area contributed by atoms with Gasteiger partial charge in [-0.3, -0.25) is 9.59 Å². The van der Waals surface area contributed by atoms with E-state index in [1.807, 2.05) is 40.7 Å². The van der Waals surface area contributed by atoms with Crippen molar-refractivity contribution in [3.8, 4) is 0 Å². The van der Waals surface area contributed by atoms with Gasteiger partial charge in [-0.2, -0.15) is 0 Å². The number of para-hydroxylation sites is 1. The van der Waals surface area contributed by atoms with Crippen molar-refractivity contribution in [3.63, 3.8) is 0 Å². The Morgan fingerprint density at radius 1 is 1.33 bits per heavy atom. The number of carbonyl (C=O) groups excluding carboxylic acids is 1. The molecule has 0 bridgehead atoms. The zero-order valence-electron chi connectivity index (χ0n) is 13.9. The molecular formula is C20H22N2O2. The van der Waals surface area contributed by atoms with Crippen molar-refractivity contribution in [1.82, 2.24) is 9.47 Å². The minimum atomic E-state index is -0.0203. The zero-order chi connectivity index (χ0) is 17.1. The van der Waals surface area contributed by atoms with Crippen LogP contribution in [0.5, 0.6) is 0 Å². The van der Waals surface area contributed by atoms with Crippen LogP contribution < -0.4 is 5.43 Å². The molecule has 2 aromatic rings. The Morgan fingerprint density at radius 2 is 2.12 bits per heavy atom. The molecule has 2 atom stereocenters. The molecule has 1 aromatic heterocycles. The van der Waals surface area contributed by atoms with E-state index in [0.717, 1.165) is 18.4 Å². The van der Waals surface area contributed by atoms with Gasteiger partial charge in [0.1, 0.15) is 6.54 Å². The molecule has 1 amide bonds. The van der Waals surface area contributed by atoms with Gasteiger partial charge >= 0.3 is 0 Å². The normalized spacial score (nSPS) is 20.3. The number of fused-ring (bicyclic) bond motifs is 1. The zero-order valence-corrected chi connectivity index (χ0v) is 13.9. The van der Waals surface area contributed by atoms with Crippen LogP contribution in [0, 0.1) is 0 Å². The van der Waals surface area contributed by atoms with Gasteiger partial charge < -0.3 is 9.47 Å². The monoisotopic (exact) mass is 322 g/mol. The maximum absolute atomic E-state index is 13.0. The summed E-state index contributed by atoms with van der Waals surface area (Å²) >= 11 is 0. The molecule has 4 heteroatoms. The number of hydrogen-bond acceptors (Lipinski definition) is 2. The van der Waals surface area contributed by atoms with E-state index < -0.39 is 0 Å². The van der Waals surface area contributed by atoms with E-state index in [9.17, 15) is 9.59 Å². The maximum Gasteiger partial charge on any atom is 0.243 e. The van der Waals surface area contributed by atoms with E-state index in [1.165, 1.54) is 6.07 Å². The number of aromatic nitrogens is 1. The van der Waals surface area contributed by atoms with Crippen LogP contribution in [-0.4, -0.2) is 27.5 Å². The van der Waals surface area contributed by atoms with Crippen molar-refractivity contribution in [2.75, 3.05) is 0 Å². The van der Waals surface area contributed by atoms with Gasteiger partial charge in [0.25, 0.3) is 0 Å². The highest BCUT2D eigenvalue weighted by Crippen LogP contribution is 2.21. The lowest BCUT2D eigenvalue weighted by molar-refractivity contribution is -0.135. The summed E-state index contributed by atoms with van der Waals surface area (Å²) in [7, 11) is 0. The molecule has 0 spiro atoms. The van der Waals surface area contributed by atoms with Crippen LogP contribution >= 0.6 is 0 Å². The van der Waals surface area contributed by atoms with E-state index in [1.54, 1.807) is 12.3 Å². The molecular weight excluding hydrogens is 300 g/mol. The number of pyridine rings is 1. The predicted octanol–water partition coefficient (Wildman–Crippen LogP) is 3.12. The Kier molecular flexibility index (Phi) is 4.65. The van der Waals surface area contributed by atoms with Crippen LogP contribution in [0.25, 0.3) is 10.9 Å². The first-order valence-electron chi connectivity index (χ1n) is 8.28. The van der Waals surface area contributed by atoms with Crippen molar-refractivity contribution in [2.45, 2.75) is 38.4 Å². The van der Waals surface area contributed by atoms with Crippen LogP contribution in [0.2, 0.25) is 0 Å². The number of carbonyl (C=O) groups is 1. The van der Waals surface area contributed by atoms with E-state index in [4.69, 9.17) is 0 Å². The first kappa shape index (κ1) is 16.2. The third kappa shape index (κ3) is 3.04. The molecule has 0 fully saturated rings. The van der Waals surface area contributed by atoms with Crippen molar-refractivity contribution >= 4 is 16.8 Å². The second kappa shape index (κ2) is 6.87. The first-order valence-corrected chi connectivity index (χ1v) is 8.28. The number of hydrogen-bond donors (Lipinski definition) is 0. The molecule has 0 saturated heterocycles. The second-order valence-corrected chi connectivity index (χ2v) is 6.21. The lowest BCUT2D eigenvalue weighted by Crippen LogP contribution is -2.48. The fourth-order valence-electron chi connectivity index (χ4n) is 3.43. The molecule has 3 rings (SSSR count). The Balaban J connectivity index is 1.92. The largest absolute Gasteiger partial charge is 0.338 e. The number of amides is 1. The lowest BCUT2D eigenvalue weighted by Gasteiger charge is -2.37.